The third-order valence-corrected chi connectivity index (χ3v) is 15.0. The molecule has 6 rings (SSSR count). The molecule has 5 atom stereocenters. The highest BCUT2D eigenvalue weighted by molar-refractivity contribution is 6.91. The van der Waals surface area contributed by atoms with Crippen LogP contribution >= 0.6 is 0 Å². The number of aliphatic hydroxyl groups is 1. The molecule has 1 saturated heterocycles. The minimum absolute atomic E-state index is 0.000999. The first-order valence-corrected chi connectivity index (χ1v) is 19.1. The number of ether oxygens (including phenoxy) is 2. The molecule has 3 heterocycles. The summed E-state index contributed by atoms with van der Waals surface area (Å²) in [7, 11) is -0.936. The first-order valence-electron chi connectivity index (χ1n) is 16.0. The standard InChI is InChI=1S/C36H41N3O7Si/c1-6-17-37-31-16-11-26(39(43)44)19-30(31)36(35(37)42)23(2)34(47(4,5)29-14-12-28(45-3)13-15-29)32(46-36)20-33(41)38-21-25-10-8-7-9-24(25)18-27(38)22-40/h6-16,19,23,27,32,34,40H,1,17-18,20-22H2,2-5H3/t23-,27-,32+,34-,36+/m0/s1. The van der Waals surface area contributed by atoms with Gasteiger partial charge in [-0.1, -0.05) is 67.7 Å². The molecule has 11 heteroatoms. The summed E-state index contributed by atoms with van der Waals surface area (Å²) in [5.41, 5.74) is 1.27. The number of anilines is 1. The molecule has 10 nitrogen and oxygen atoms in total. The van der Waals surface area contributed by atoms with Crippen molar-refractivity contribution in [2.24, 2.45) is 5.92 Å². The van der Waals surface area contributed by atoms with Crippen molar-refractivity contribution >= 4 is 36.4 Å². The number of nitrogens with zero attached hydrogens (tertiary/aromatic N) is 3. The molecule has 47 heavy (non-hydrogen) atoms. The summed E-state index contributed by atoms with van der Waals surface area (Å²) in [6.45, 7) is 10.7. The molecule has 0 saturated carbocycles. The van der Waals surface area contributed by atoms with Crippen LogP contribution < -0.4 is 14.8 Å². The third-order valence-electron chi connectivity index (χ3n) is 10.6. The predicted octanol–water partition coefficient (Wildman–Crippen LogP) is 4.69. The van der Waals surface area contributed by atoms with Gasteiger partial charge in [-0.3, -0.25) is 19.7 Å². The van der Waals surface area contributed by atoms with Gasteiger partial charge in [0.2, 0.25) is 5.91 Å². The zero-order valence-corrected chi connectivity index (χ0v) is 28.2. The Balaban J connectivity index is 1.45. The molecule has 0 aromatic heterocycles. The topological polar surface area (TPSA) is 122 Å². The van der Waals surface area contributed by atoms with Gasteiger partial charge >= 0.3 is 0 Å². The van der Waals surface area contributed by atoms with E-state index in [4.69, 9.17) is 9.47 Å². The van der Waals surface area contributed by atoms with E-state index in [2.05, 4.69) is 19.7 Å². The van der Waals surface area contributed by atoms with Gasteiger partial charge in [0.05, 0.1) is 51.0 Å². The van der Waals surface area contributed by atoms with Gasteiger partial charge in [-0.15, -0.1) is 6.58 Å². The predicted molar refractivity (Wildman–Crippen MR) is 181 cm³/mol. The van der Waals surface area contributed by atoms with Crippen molar-refractivity contribution in [2.75, 3.05) is 25.2 Å². The molecule has 3 aromatic carbocycles. The summed E-state index contributed by atoms with van der Waals surface area (Å²) in [4.78, 5) is 43.7. The molecule has 0 radical (unpaired) electrons. The second-order valence-corrected chi connectivity index (χ2v) is 18.0. The van der Waals surface area contributed by atoms with E-state index >= 15 is 0 Å². The third kappa shape index (κ3) is 5.26. The van der Waals surface area contributed by atoms with Crippen LogP contribution in [0.15, 0.2) is 79.4 Å². The fourth-order valence-electron chi connectivity index (χ4n) is 8.26. The molecule has 1 fully saturated rings. The van der Waals surface area contributed by atoms with Crippen molar-refractivity contribution in [2.45, 2.75) is 62.7 Å². The second kappa shape index (κ2) is 12.4. The van der Waals surface area contributed by atoms with Crippen molar-refractivity contribution in [1.29, 1.82) is 0 Å². The SMILES string of the molecule is C=CCN1C(=O)[C@]2(O[C@H](CC(=O)N3Cc4ccccc4C[C@H]3CO)[C@@H]([Si](C)(C)c3ccc(OC)cc3)[C@@H]2C)c2cc([N+](=O)[O-])ccc21. The van der Waals surface area contributed by atoms with E-state index < -0.39 is 30.6 Å². The number of amides is 2. The van der Waals surface area contributed by atoms with E-state index in [0.29, 0.717) is 24.2 Å². The normalized spacial score (nSPS) is 25.1. The molecular formula is C36H41N3O7Si. The zero-order valence-electron chi connectivity index (χ0n) is 27.2. The Labute approximate surface area is 275 Å². The number of carbonyl (C=O) groups excluding carboxylic acids is 2. The van der Waals surface area contributed by atoms with E-state index in [-0.39, 0.29) is 48.7 Å². The van der Waals surface area contributed by atoms with Gasteiger partial charge in [0.1, 0.15) is 5.75 Å². The number of fused-ring (bicyclic) bond motifs is 3. The lowest BCUT2D eigenvalue weighted by atomic mass is 9.82. The lowest BCUT2D eigenvalue weighted by Gasteiger charge is -2.39. The van der Waals surface area contributed by atoms with E-state index in [0.717, 1.165) is 22.1 Å². The number of non-ortho nitro benzene ring substituents is 1. The molecule has 2 amide bonds. The Morgan fingerprint density at radius 3 is 2.51 bits per heavy atom. The molecule has 3 aliphatic rings. The molecule has 1 N–H and O–H groups in total. The minimum atomic E-state index is -2.55. The van der Waals surface area contributed by atoms with Crippen molar-refractivity contribution in [1.82, 2.24) is 4.90 Å². The fraction of sp³-hybridized carbons (Fsp3) is 0.389. The van der Waals surface area contributed by atoms with Crippen LogP contribution in [0, 0.1) is 16.0 Å². The van der Waals surface area contributed by atoms with Crippen LogP contribution in [0.4, 0.5) is 11.4 Å². The summed E-state index contributed by atoms with van der Waals surface area (Å²) in [5, 5.41) is 23.4. The Morgan fingerprint density at radius 2 is 1.87 bits per heavy atom. The van der Waals surface area contributed by atoms with Gasteiger partial charge in [-0.05, 0) is 41.3 Å². The smallest absolute Gasteiger partial charge is 0.269 e. The van der Waals surface area contributed by atoms with E-state index in [1.165, 1.54) is 12.1 Å². The van der Waals surface area contributed by atoms with Crippen molar-refractivity contribution < 1.29 is 29.1 Å². The van der Waals surface area contributed by atoms with Gasteiger partial charge in [-0.2, -0.15) is 0 Å². The van der Waals surface area contributed by atoms with Crippen molar-refractivity contribution in [3.63, 3.8) is 0 Å². The Bertz CT molecular complexity index is 1730. The number of nitro benzene ring substituents is 1. The number of hydrogen-bond acceptors (Lipinski definition) is 7. The van der Waals surface area contributed by atoms with Crippen LogP contribution in [0.3, 0.4) is 0 Å². The lowest BCUT2D eigenvalue weighted by molar-refractivity contribution is -0.385. The summed E-state index contributed by atoms with van der Waals surface area (Å²) in [6, 6.07) is 20.0. The number of rotatable bonds is 9. The van der Waals surface area contributed by atoms with Crippen LogP contribution in [-0.2, 0) is 32.9 Å². The van der Waals surface area contributed by atoms with E-state index in [1.807, 2.05) is 55.5 Å². The maximum Gasteiger partial charge on any atom is 0.269 e. The number of methoxy groups -OCH3 is 1. The van der Waals surface area contributed by atoms with E-state index in [9.17, 15) is 24.8 Å². The Hall–Kier alpha value is -4.32. The van der Waals surface area contributed by atoms with Crippen LogP contribution in [-0.4, -0.2) is 67.2 Å². The quantitative estimate of drug-likeness (QED) is 0.154. The highest BCUT2D eigenvalue weighted by atomic mass is 28.3. The molecule has 0 aliphatic carbocycles. The van der Waals surface area contributed by atoms with Gasteiger partial charge < -0.3 is 24.4 Å². The molecular weight excluding hydrogens is 614 g/mol. The van der Waals surface area contributed by atoms with Crippen LogP contribution in [0.5, 0.6) is 5.75 Å². The fourth-order valence-corrected chi connectivity index (χ4v) is 12.3. The van der Waals surface area contributed by atoms with Gasteiger partial charge in [-0.25, -0.2) is 0 Å². The summed E-state index contributed by atoms with van der Waals surface area (Å²) in [5.74, 6) is -0.168. The van der Waals surface area contributed by atoms with Crippen LogP contribution in [0.1, 0.15) is 30.0 Å². The average molecular weight is 656 g/mol. The second-order valence-electron chi connectivity index (χ2n) is 13.4. The van der Waals surface area contributed by atoms with Crippen LogP contribution in [0.2, 0.25) is 18.6 Å². The molecule has 0 bridgehead atoms. The van der Waals surface area contributed by atoms with Crippen molar-refractivity contribution in [3.05, 3.63) is 106 Å². The maximum atomic E-state index is 14.6. The lowest BCUT2D eigenvalue weighted by Crippen LogP contribution is -2.52. The van der Waals surface area contributed by atoms with Crippen LogP contribution in [0.25, 0.3) is 0 Å². The summed E-state index contributed by atoms with van der Waals surface area (Å²) < 4.78 is 12.4. The molecule has 246 valence electrons. The maximum absolute atomic E-state index is 14.6. The number of aliphatic hydroxyl groups excluding tert-OH is 1. The largest absolute Gasteiger partial charge is 0.497 e. The van der Waals surface area contributed by atoms with Crippen molar-refractivity contribution in [3.8, 4) is 5.75 Å². The monoisotopic (exact) mass is 655 g/mol. The number of hydrogen-bond donors (Lipinski definition) is 1. The first-order chi connectivity index (χ1) is 22.5. The first kappa shape index (κ1) is 32.6. The van der Waals surface area contributed by atoms with Gasteiger partial charge in [0.15, 0.2) is 5.60 Å². The number of nitro groups is 1. The zero-order chi connectivity index (χ0) is 33.7. The molecule has 0 unspecified atom stereocenters. The molecule has 3 aliphatic heterocycles. The number of carbonyl (C=O) groups is 2. The van der Waals surface area contributed by atoms with E-state index in [1.54, 1.807) is 29.1 Å². The van der Waals surface area contributed by atoms with Gasteiger partial charge in [0.25, 0.3) is 11.6 Å². The Morgan fingerprint density at radius 1 is 1.17 bits per heavy atom. The average Bonchev–Trinajstić information content (AvgIpc) is 3.50. The highest BCUT2D eigenvalue weighted by Gasteiger charge is 2.66. The molecule has 3 aromatic rings. The summed E-state index contributed by atoms with van der Waals surface area (Å²) in [6.07, 6.45) is 1.50. The molecule has 1 spiro atoms. The minimum Gasteiger partial charge on any atom is -0.497 e. The summed E-state index contributed by atoms with van der Waals surface area (Å²) >= 11 is 0. The highest BCUT2D eigenvalue weighted by Crippen LogP contribution is 2.60. The Kier molecular flexibility index (Phi) is 8.58. The number of benzene rings is 3. The van der Waals surface area contributed by atoms with Gasteiger partial charge in [0, 0.05) is 36.7 Å².